The number of benzene rings is 2. The van der Waals surface area contributed by atoms with Gasteiger partial charge in [0, 0.05) is 43.6 Å². The number of carbonyl (C=O) groups is 1. The summed E-state index contributed by atoms with van der Waals surface area (Å²) < 4.78 is 19.8. The second kappa shape index (κ2) is 8.63. The molecule has 5 rings (SSSR count). The number of nitrogens with zero attached hydrogens (tertiary/aromatic N) is 4. The van der Waals surface area contributed by atoms with Gasteiger partial charge in [-0.1, -0.05) is 6.07 Å². The van der Waals surface area contributed by atoms with Gasteiger partial charge >= 0.3 is 0 Å². The Labute approximate surface area is 190 Å². The van der Waals surface area contributed by atoms with E-state index in [0.29, 0.717) is 17.0 Å². The van der Waals surface area contributed by atoms with Crippen molar-refractivity contribution in [2.45, 2.75) is 0 Å². The highest BCUT2D eigenvalue weighted by molar-refractivity contribution is 6.08. The van der Waals surface area contributed by atoms with Gasteiger partial charge < -0.3 is 19.5 Å². The highest BCUT2D eigenvalue weighted by Crippen LogP contribution is 2.32. The highest BCUT2D eigenvalue weighted by Gasteiger charge is 2.19. The number of hydrogen-bond acceptors (Lipinski definition) is 6. The van der Waals surface area contributed by atoms with Crippen molar-refractivity contribution < 1.29 is 13.9 Å². The van der Waals surface area contributed by atoms with Crippen molar-refractivity contribution in [3.05, 3.63) is 71.9 Å². The third-order valence-corrected chi connectivity index (χ3v) is 6.02. The summed E-state index contributed by atoms with van der Waals surface area (Å²) in [5.41, 5.74) is 3.54. The van der Waals surface area contributed by atoms with Crippen molar-refractivity contribution in [2.24, 2.45) is 0 Å². The molecule has 0 amide bonds. The number of aromatic amines is 1. The smallest absolute Gasteiger partial charge is 0.228 e. The van der Waals surface area contributed by atoms with E-state index < -0.39 is 5.82 Å². The summed E-state index contributed by atoms with van der Waals surface area (Å²) in [5.74, 6) is -0.164. The molecular formula is C25H24FN5O2. The average Bonchev–Trinajstić information content (AvgIpc) is 3.27. The van der Waals surface area contributed by atoms with Gasteiger partial charge in [-0.25, -0.2) is 9.37 Å². The van der Waals surface area contributed by atoms with E-state index in [1.165, 1.54) is 19.4 Å². The zero-order valence-corrected chi connectivity index (χ0v) is 18.5. The molecule has 0 spiro atoms. The predicted octanol–water partition coefficient (Wildman–Crippen LogP) is 3.76. The number of anilines is 1. The molecular weight excluding hydrogens is 421 g/mol. The number of aromatic nitrogens is 3. The number of fused-ring (bicyclic) bond motifs is 1. The lowest BCUT2D eigenvalue weighted by Crippen LogP contribution is -2.44. The number of nitrogens with one attached hydrogen (secondary N) is 1. The monoisotopic (exact) mass is 445 g/mol. The molecule has 2 aromatic heterocycles. The summed E-state index contributed by atoms with van der Waals surface area (Å²) in [6, 6.07) is 13.7. The van der Waals surface area contributed by atoms with Crippen LogP contribution in [0, 0.1) is 5.82 Å². The van der Waals surface area contributed by atoms with Crippen LogP contribution in [-0.4, -0.2) is 66.0 Å². The molecule has 7 nitrogen and oxygen atoms in total. The first-order valence-electron chi connectivity index (χ1n) is 10.8. The number of ether oxygens (including phenoxy) is 1. The first kappa shape index (κ1) is 21.1. The first-order valence-corrected chi connectivity index (χ1v) is 10.8. The summed E-state index contributed by atoms with van der Waals surface area (Å²) >= 11 is 0. The molecule has 0 saturated carbocycles. The molecule has 1 aliphatic heterocycles. The number of likely N-dealkylation sites (N-methyl/N-ethyl adjacent to an activating group) is 1. The topological polar surface area (TPSA) is 74.3 Å². The molecule has 0 aliphatic carbocycles. The average molecular weight is 445 g/mol. The van der Waals surface area contributed by atoms with Crippen LogP contribution in [0.15, 0.2) is 54.7 Å². The lowest BCUT2D eigenvalue weighted by atomic mass is 10.1. The Bertz CT molecular complexity index is 1330. The molecule has 0 atom stereocenters. The summed E-state index contributed by atoms with van der Waals surface area (Å²) in [6.07, 6.45) is 1.49. The molecule has 1 aliphatic rings. The Morgan fingerprint density at radius 3 is 2.70 bits per heavy atom. The SMILES string of the molecule is COc1cccc(F)c1-c1cc(C(=O)c2nc3ccc(N4CCN(C)CC4)cc3[nH]2)ccn1. The van der Waals surface area contributed by atoms with Crippen LogP contribution < -0.4 is 9.64 Å². The van der Waals surface area contributed by atoms with Crippen molar-refractivity contribution >= 4 is 22.5 Å². The van der Waals surface area contributed by atoms with Gasteiger partial charge in [0.05, 0.1) is 29.4 Å². The van der Waals surface area contributed by atoms with Gasteiger partial charge in [0.2, 0.25) is 5.78 Å². The molecule has 1 fully saturated rings. The van der Waals surface area contributed by atoms with E-state index in [-0.39, 0.29) is 17.2 Å². The van der Waals surface area contributed by atoms with Gasteiger partial charge in [0.1, 0.15) is 11.6 Å². The minimum atomic E-state index is -0.466. The summed E-state index contributed by atoms with van der Waals surface area (Å²) in [4.78, 5) is 29.7. The van der Waals surface area contributed by atoms with E-state index in [2.05, 4.69) is 31.8 Å². The maximum atomic E-state index is 14.5. The van der Waals surface area contributed by atoms with Gasteiger partial charge in [-0.2, -0.15) is 0 Å². The second-order valence-electron chi connectivity index (χ2n) is 8.15. The van der Waals surface area contributed by atoms with E-state index in [4.69, 9.17) is 4.74 Å². The van der Waals surface area contributed by atoms with Gasteiger partial charge in [-0.15, -0.1) is 0 Å². The molecule has 0 unspecified atom stereocenters. The number of rotatable bonds is 5. The maximum Gasteiger partial charge on any atom is 0.228 e. The van der Waals surface area contributed by atoms with E-state index in [1.807, 2.05) is 18.2 Å². The largest absolute Gasteiger partial charge is 0.496 e. The molecule has 2 aromatic carbocycles. The van der Waals surface area contributed by atoms with Crippen LogP contribution >= 0.6 is 0 Å². The summed E-state index contributed by atoms with van der Waals surface area (Å²) in [6.45, 7) is 3.95. The van der Waals surface area contributed by atoms with Gasteiger partial charge in [-0.3, -0.25) is 9.78 Å². The Kier molecular flexibility index (Phi) is 5.51. The van der Waals surface area contributed by atoms with Crippen molar-refractivity contribution in [3.63, 3.8) is 0 Å². The van der Waals surface area contributed by atoms with Crippen molar-refractivity contribution in [2.75, 3.05) is 45.2 Å². The third-order valence-electron chi connectivity index (χ3n) is 6.02. The predicted molar refractivity (Wildman–Crippen MR) is 125 cm³/mol. The number of imidazole rings is 1. The zero-order valence-electron chi connectivity index (χ0n) is 18.5. The minimum Gasteiger partial charge on any atom is -0.496 e. The second-order valence-corrected chi connectivity index (χ2v) is 8.15. The van der Waals surface area contributed by atoms with Crippen LogP contribution in [0.25, 0.3) is 22.3 Å². The maximum absolute atomic E-state index is 14.5. The number of halogens is 1. The lowest BCUT2D eigenvalue weighted by Gasteiger charge is -2.34. The lowest BCUT2D eigenvalue weighted by molar-refractivity contribution is 0.103. The van der Waals surface area contributed by atoms with E-state index >= 15 is 0 Å². The van der Waals surface area contributed by atoms with E-state index in [1.54, 1.807) is 24.3 Å². The number of hydrogen-bond donors (Lipinski definition) is 1. The number of ketones is 1. The Morgan fingerprint density at radius 2 is 1.91 bits per heavy atom. The number of methoxy groups -OCH3 is 1. The third kappa shape index (κ3) is 4.05. The number of piperazine rings is 1. The minimum absolute atomic E-state index is 0.219. The van der Waals surface area contributed by atoms with Crippen LogP contribution in [0.1, 0.15) is 16.2 Å². The standard InChI is InChI=1S/C25H24FN5O2/c1-30-10-12-31(13-11-30)17-6-7-19-20(15-17)29-25(28-19)24(32)16-8-9-27-21(14-16)23-18(26)4-3-5-22(23)33-2/h3-9,14-15H,10-13H2,1-2H3,(H,28,29). The molecule has 8 heteroatoms. The van der Waals surface area contributed by atoms with Crippen molar-refractivity contribution in [1.29, 1.82) is 0 Å². The fraction of sp³-hybridized carbons (Fsp3) is 0.240. The molecule has 1 N–H and O–H groups in total. The van der Waals surface area contributed by atoms with Crippen LogP contribution in [0.5, 0.6) is 5.75 Å². The number of H-pyrrole nitrogens is 1. The normalized spacial score (nSPS) is 14.6. The summed E-state index contributed by atoms with van der Waals surface area (Å²) in [7, 11) is 3.60. The molecule has 4 aromatic rings. The molecule has 168 valence electrons. The van der Waals surface area contributed by atoms with E-state index in [9.17, 15) is 9.18 Å². The Balaban J connectivity index is 1.45. The Morgan fingerprint density at radius 1 is 1.09 bits per heavy atom. The summed E-state index contributed by atoms with van der Waals surface area (Å²) in [5, 5.41) is 0. The molecule has 3 heterocycles. The van der Waals surface area contributed by atoms with Crippen LogP contribution in [0.2, 0.25) is 0 Å². The van der Waals surface area contributed by atoms with Crippen LogP contribution in [-0.2, 0) is 0 Å². The molecule has 0 radical (unpaired) electrons. The highest BCUT2D eigenvalue weighted by atomic mass is 19.1. The fourth-order valence-electron chi connectivity index (χ4n) is 4.13. The Hall–Kier alpha value is -3.78. The van der Waals surface area contributed by atoms with Gasteiger partial charge in [0.25, 0.3) is 0 Å². The van der Waals surface area contributed by atoms with Crippen molar-refractivity contribution in [3.8, 4) is 17.0 Å². The number of carbonyl (C=O) groups excluding carboxylic acids is 1. The zero-order chi connectivity index (χ0) is 22.9. The quantitative estimate of drug-likeness (QED) is 0.472. The van der Waals surface area contributed by atoms with Crippen LogP contribution in [0.3, 0.4) is 0 Å². The van der Waals surface area contributed by atoms with Gasteiger partial charge in [-0.05, 0) is 49.5 Å². The van der Waals surface area contributed by atoms with Crippen molar-refractivity contribution in [1.82, 2.24) is 19.9 Å². The molecule has 33 heavy (non-hydrogen) atoms. The van der Waals surface area contributed by atoms with E-state index in [0.717, 1.165) is 42.9 Å². The molecule has 1 saturated heterocycles. The fourth-order valence-corrected chi connectivity index (χ4v) is 4.13. The first-order chi connectivity index (χ1) is 16.0. The number of pyridine rings is 1. The van der Waals surface area contributed by atoms with Crippen LogP contribution in [0.4, 0.5) is 10.1 Å². The van der Waals surface area contributed by atoms with Gasteiger partial charge in [0.15, 0.2) is 5.82 Å². The molecule has 0 bridgehead atoms.